The van der Waals surface area contributed by atoms with E-state index in [1.165, 1.54) is 0 Å². The fourth-order valence-corrected chi connectivity index (χ4v) is 2.39. The summed E-state index contributed by atoms with van der Waals surface area (Å²) in [7, 11) is 0. The molecule has 1 N–H and O–H groups in total. The number of amides is 1. The minimum absolute atomic E-state index is 0.0367. The summed E-state index contributed by atoms with van der Waals surface area (Å²) in [6.45, 7) is 2.07. The number of carbonyl (C=O) groups excluding carboxylic acids is 1. The Kier molecular flexibility index (Phi) is 4.39. The van der Waals surface area contributed by atoms with Crippen LogP contribution in [0.2, 0.25) is 0 Å². The quantitative estimate of drug-likeness (QED) is 0.591. The first-order valence-electron chi connectivity index (χ1n) is 7.46. The average Bonchev–Trinajstić information content (AvgIpc) is 3.03. The Morgan fingerprint density at radius 2 is 2.12 bits per heavy atom. The van der Waals surface area contributed by atoms with Gasteiger partial charge in [-0.25, -0.2) is 0 Å². The van der Waals surface area contributed by atoms with Crippen LogP contribution in [0.5, 0.6) is 0 Å². The molecule has 0 saturated carbocycles. The van der Waals surface area contributed by atoms with E-state index in [9.17, 15) is 10.1 Å². The van der Waals surface area contributed by atoms with Crippen LogP contribution in [-0.4, -0.2) is 10.9 Å². The molecule has 0 aliphatic rings. The molecule has 2 aromatic heterocycles. The summed E-state index contributed by atoms with van der Waals surface area (Å²) >= 11 is 0. The molecule has 5 nitrogen and oxygen atoms in total. The van der Waals surface area contributed by atoms with E-state index in [1.54, 1.807) is 24.4 Å². The Hall–Kier alpha value is -3.39. The first kappa shape index (κ1) is 15.5. The number of hydrogen-bond donors (Lipinski definition) is 1. The van der Waals surface area contributed by atoms with E-state index in [0.29, 0.717) is 5.76 Å². The summed E-state index contributed by atoms with van der Waals surface area (Å²) in [5, 5.41) is 12.9. The first-order valence-corrected chi connectivity index (χ1v) is 7.46. The zero-order valence-corrected chi connectivity index (χ0v) is 13.1. The van der Waals surface area contributed by atoms with E-state index < -0.39 is 5.91 Å². The summed E-state index contributed by atoms with van der Waals surface area (Å²) in [5.41, 5.74) is 1.63. The highest BCUT2D eigenvalue weighted by Gasteiger charge is 2.11. The molecule has 0 unspecified atom stereocenters. The van der Waals surface area contributed by atoms with Gasteiger partial charge in [0, 0.05) is 11.6 Å². The van der Waals surface area contributed by atoms with Crippen molar-refractivity contribution in [1.29, 1.82) is 5.26 Å². The number of carbonyl (C=O) groups is 1. The van der Waals surface area contributed by atoms with Crippen molar-refractivity contribution in [3.05, 3.63) is 71.3 Å². The molecule has 2 heterocycles. The standard InChI is InChI=1S/C19H15N3O2/c1-13-6-7-16(24-13)12-22-19(23)15(11-20)10-14-8-9-21-18-5-3-2-4-17(14)18/h2-10H,12H2,1H3,(H,22,23)/b15-10+. The maximum absolute atomic E-state index is 12.2. The third kappa shape index (κ3) is 3.33. The van der Waals surface area contributed by atoms with Gasteiger partial charge in [0.05, 0.1) is 12.1 Å². The monoisotopic (exact) mass is 317 g/mol. The molecule has 3 rings (SSSR count). The summed E-state index contributed by atoms with van der Waals surface area (Å²) in [4.78, 5) is 16.5. The summed E-state index contributed by atoms with van der Waals surface area (Å²) < 4.78 is 5.40. The lowest BCUT2D eigenvalue weighted by atomic mass is 10.1. The summed E-state index contributed by atoms with van der Waals surface area (Å²) in [6, 6.07) is 14.9. The van der Waals surface area contributed by atoms with Crippen LogP contribution < -0.4 is 5.32 Å². The fourth-order valence-electron chi connectivity index (χ4n) is 2.39. The number of rotatable bonds is 4. The minimum atomic E-state index is -0.438. The van der Waals surface area contributed by atoms with Crippen molar-refractivity contribution < 1.29 is 9.21 Å². The van der Waals surface area contributed by atoms with Crippen LogP contribution in [0, 0.1) is 18.3 Å². The Bertz CT molecular complexity index is 959. The van der Waals surface area contributed by atoms with Crippen LogP contribution in [-0.2, 0) is 11.3 Å². The highest BCUT2D eigenvalue weighted by atomic mass is 16.3. The number of pyridine rings is 1. The third-order valence-corrected chi connectivity index (χ3v) is 3.57. The molecule has 0 spiro atoms. The molecule has 0 aliphatic heterocycles. The minimum Gasteiger partial charge on any atom is -0.465 e. The predicted octanol–water partition coefficient (Wildman–Crippen LogP) is 3.36. The van der Waals surface area contributed by atoms with E-state index in [-0.39, 0.29) is 12.1 Å². The van der Waals surface area contributed by atoms with Gasteiger partial charge < -0.3 is 9.73 Å². The molecule has 3 aromatic rings. The molecule has 5 heteroatoms. The molecular weight excluding hydrogens is 302 g/mol. The number of nitrogens with one attached hydrogen (secondary N) is 1. The van der Waals surface area contributed by atoms with Crippen molar-refractivity contribution >= 4 is 22.9 Å². The van der Waals surface area contributed by atoms with Crippen molar-refractivity contribution in [1.82, 2.24) is 10.3 Å². The maximum atomic E-state index is 12.2. The highest BCUT2D eigenvalue weighted by Crippen LogP contribution is 2.19. The number of nitriles is 1. The van der Waals surface area contributed by atoms with E-state index in [0.717, 1.165) is 22.2 Å². The van der Waals surface area contributed by atoms with Crippen LogP contribution in [0.4, 0.5) is 0 Å². The predicted molar refractivity (Wildman–Crippen MR) is 90.6 cm³/mol. The van der Waals surface area contributed by atoms with Gasteiger partial charge in [-0.2, -0.15) is 5.26 Å². The molecule has 0 bridgehead atoms. The van der Waals surface area contributed by atoms with E-state index in [2.05, 4.69) is 10.3 Å². The number of para-hydroxylation sites is 1. The van der Waals surface area contributed by atoms with Crippen molar-refractivity contribution in [3.63, 3.8) is 0 Å². The number of fused-ring (bicyclic) bond motifs is 1. The van der Waals surface area contributed by atoms with Gasteiger partial charge in [0.1, 0.15) is 23.2 Å². The topological polar surface area (TPSA) is 78.9 Å². The number of aromatic nitrogens is 1. The molecular formula is C19H15N3O2. The van der Waals surface area contributed by atoms with Crippen LogP contribution in [0.25, 0.3) is 17.0 Å². The average molecular weight is 317 g/mol. The van der Waals surface area contributed by atoms with Crippen molar-refractivity contribution in [2.45, 2.75) is 13.5 Å². The van der Waals surface area contributed by atoms with Crippen LogP contribution in [0.1, 0.15) is 17.1 Å². The Labute approximate surface area is 139 Å². The second-order valence-corrected chi connectivity index (χ2v) is 5.28. The van der Waals surface area contributed by atoms with Gasteiger partial charge in [-0.3, -0.25) is 9.78 Å². The highest BCUT2D eigenvalue weighted by molar-refractivity contribution is 6.03. The van der Waals surface area contributed by atoms with Gasteiger partial charge in [0.15, 0.2) is 0 Å². The first-order chi connectivity index (χ1) is 11.7. The Morgan fingerprint density at radius 1 is 1.29 bits per heavy atom. The smallest absolute Gasteiger partial charge is 0.262 e. The lowest BCUT2D eigenvalue weighted by molar-refractivity contribution is -0.117. The van der Waals surface area contributed by atoms with Gasteiger partial charge in [0.2, 0.25) is 0 Å². The molecule has 0 saturated heterocycles. The summed E-state index contributed by atoms with van der Waals surface area (Å²) in [5.74, 6) is 0.985. The van der Waals surface area contributed by atoms with E-state index >= 15 is 0 Å². The van der Waals surface area contributed by atoms with E-state index in [4.69, 9.17) is 4.42 Å². The molecule has 24 heavy (non-hydrogen) atoms. The second-order valence-electron chi connectivity index (χ2n) is 5.28. The van der Waals surface area contributed by atoms with Gasteiger partial charge in [-0.05, 0) is 42.8 Å². The Morgan fingerprint density at radius 3 is 2.88 bits per heavy atom. The summed E-state index contributed by atoms with van der Waals surface area (Å²) in [6.07, 6.45) is 3.24. The van der Waals surface area contributed by atoms with Crippen LogP contribution >= 0.6 is 0 Å². The lowest BCUT2D eigenvalue weighted by Crippen LogP contribution is -2.23. The van der Waals surface area contributed by atoms with Crippen LogP contribution in [0.3, 0.4) is 0 Å². The van der Waals surface area contributed by atoms with Gasteiger partial charge in [0.25, 0.3) is 5.91 Å². The molecule has 0 aliphatic carbocycles. The van der Waals surface area contributed by atoms with Crippen LogP contribution in [0.15, 0.2) is 58.7 Å². The molecule has 0 radical (unpaired) electrons. The SMILES string of the molecule is Cc1ccc(CNC(=O)/C(C#N)=C/c2ccnc3ccccc23)o1. The molecule has 1 aromatic carbocycles. The fraction of sp³-hybridized carbons (Fsp3) is 0.105. The van der Waals surface area contributed by atoms with Crippen molar-refractivity contribution in [2.24, 2.45) is 0 Å². The maximum Gasteiger partial charge on any atom is 0.262 e. The number of benzene rings is 1. The number of nitrogens with zero attached hydrogens (tertiary/aromatic N) is 2. The lowest BCUT2D eigenvalue weighted by Gasteiger charge is -2.04. The van der Waals surface area contributed by atoms with Gasteiger partial charge >= 0.3 is 0 Å². The Balaban J connectivity index is 1.83. The van der Waals surface area contributed by atoms with Crippen molar-refractivity contribution in [2.75, 3.05) is 0 Å². The molecule has 1 amide bonds. The molecule has 0 fully saturated rings. The van der Waals surface area contributed by atoms with E-state index in [1.807, 2.05) is 43.3 Å². The molecule has 118 valence electrons. The zero-order chi connectivity index (χ0) is 16.9. The van der Waals surface area contributed by atoms with Crippen molar-refractivity contribution in [3.8, 4) is 6.07 Å². The second kappa shape index (κ2) is 6.80. The number of furan rings is 1. The van der Waals surface area contributed by atoms with Gasteiger partial charge in [-0.1, -0.05) is 18.2 Å². The zero-order valence-electron chi connectivity index (χ0n) is 13.1. The third-order valence-electron chi connectivity index (χ3n) is 3.57. The normalized spacial score (nSPS) is 11.2. The molecule has 0 atom stereocenters. The number of hydrogen-bond acceptors (Lipinski definition) is 4. The number of aryl methyl sites for hydroxylation is 1. The van der Waals surface area contributed by atoms with Gasteiger partial charge in [-0.15, -0.1) is 0 Å². The largest absolute Gasteiger partial charge is 0.465 e.